The number of hydrogen-bond acceptors (Lipinski definition) is 4. The van der Waals surface area contributed by atoms with Gasteiger partial charge in [0.25, 0.3) is 11.5 Å². The molecule has 0 atom stereocenters. The van der Waals surface area contributed by atoms with Crippen LogP contribution in [-0.2, 0) is 6.54 Å². The highest BCUT2D eigenvalue weighted by atomic mass is 16.2. The van der Waals surface area contributed by atoms with Crippen LogP contribution in [0.4, 0.5) is 0 Å². The molecule has 0 unspecified atom stereocenters. The van der Waals surface area contributed by atoms with Gasteiger partial charge < -0.3 is 9.88 Å². The summed E-state index contributed by atoms with van der Waals surface area (Å²) in [6.07, 6.45) is 1.69. The lowest BCUT2D eigenvalue weighted by molar-refractivity contribution is 0.0687. The molecule has 2 aromatic carbocycles. The van der Waals surface area contributed by atoms with Crippen molar-refractivity contribution in [3.63, 3.8) is 0 Å². The predicted octanol–water partition coefficient (Wildman–Crippen LogP) is 2.85. The number of para-hydroxylation sites is 2. The molecule has 2 aromatic heterocycles. The molecule has 0 spiro atoms. The van der Waals surface area contributed by atoms with E-state index in [0.717, 1.165) is 5.39 Å². The molecule has 136 valence electrons. The fourth-order valence-electron chi connectivity index (χ4n) is 3.16. The van der Waals surface area contributed by atoms with Crippen LogP contribution in [0.25, 0.3) is 21.8 Å². The highest BCUT2D eigenvalue weighted by Gasteiger charge is 2.22. The molecule has 0 aliphatic rings. The molecule has 0 radical (unpaired) electrons. The Kier molecular flexibility index (Phi) is 4.19. The minimum Gasteiger partial charge on any atom is -0.329 e. The van der Waals surface area contributed by atoms with Gasteiger partial charge >= 0.3 is 0 Å². The van der Waals surface area contributed by atoms with Crippen LogP contribution in [0.3, 0.4) is 0 Å². The first-order chi connectivity index (χ1) is 13.0. The summed E-state index contributed by atoms with van der Waals surface area (Å²) in [6, 6.07) is 12.6. The molecule has 0 bridgehead atoms. The summed E-state index contributed by atoms with van der Waals surface area (Å²) in [5.41, 5.74) is 1.65. The first-order valence-electron chi connectivity index (χ1n) is 8.75. The maximum atomic E-state index is 13.2. The lowest BCUT2D eigenvalue weighted by atomic mass is 10.1. The van der Waals surface area contributed by atoms with Gasteiger partial charge in [0.2, 0.25) is 0 Å². The quantitative estimate of drug-likeness (QED) is 0.584. The maximum absolute atomic E-state index is 13.2. The number of carbonyl (C=O) groups excluding carboxylic acids is 1. The second-order valence-electron chi connectivity index (χ2n) is 6.70. The zero-order valence-electron chi connectivity index (χ0n) is 15.1. The molecule has 2 N–H and O–H groups in total. The van der Waals surface area contributed by atoms with Gasteiger partial charge in [0.15, 0.2) is 0 Å². The van der Waals surface area contributed by atoms with Gasteiger partial charge in [0, 0.05) is 11.4 Å². The second kappa shape index (κ2) is 6.68. The molecule has 1 amide bonds. The van der Waals surface area contributed by atoms with Crippen LogP contribution in [0.15, 0.2) is 53.5 Å². The van der Waals surface area contributed by atoms with Crippen molar-refractivity contribution in [1.29, 1.82) is 0 Å². The number of aromatic nitrogens is 4. The van der Waals surface area contributed by atoms with E-state index in [9.17, 15) is 9.59 Å². The molecule has 0 fully saturated rings. The highest BCUT2D eigenvalue weighted by Crippen LogP contribution is 2.19. The third kappa shape index (κ3) is 3.08. The van der Waals surface area contributed by atoms with Crippen molar-refractivity contribution in [2.45, 2.75) is 26.4 Å². The number of nitrogens with one attached hydrogen (secondary N) is 2. The number of aromatic amines is 2. The first-order valence-corrected chi connectivity index (χ1v) is 8.75. The third-order valence-electron chi connectivity index (χ3n) is 4.57. The molecule has 4 aromatic rings. The predicted molar refractivity (Wildman–Crippen MR) is 103 cm³/mol. The van der Waals surface area contributed by atoms with Gasteiger partial charge in [-0.3, -0.25) is 14.7 Å². The maximum Gasteiger partial charge on any atom is 0.258 e. The number of carbonyl (C=O) groups is 1. The Bertz CT molecular complexity index is 1190. The zero-order chi connectivity index (χ0) is 19.0. The number of H-pyrrole nitrogens is 2. The lowest BCUT2D eigenvalue weighted by Crippen LogP contribution is -2.37. The summed E-state index contributed by atoms with van der Waals surface area (Å²) in [5.74, 6) is 0.313. The van der Waals surface area contributed by atoms with Gasteiger partial charge in [0.05, 0.1) is 34.7 Å². The monoisotopic (exact) mass is 361 g/mol. The number of rotatable bonds is 4. The Hall–Kier alpha value is -3.48. The van der Waals surface area contributed by atoms with Crippen LogP contribution in [-0.4, -0.2) is 37.0 Å². The Morgan fingerprint density at radius 1 is 1.15 bits per heavy atom. The molecule has 0 aliphatic heterocycles. The molecule has 4 rings (SSSR count). The Labute approximate surface area is 155 Å². The molecule has 7 heteroatoms. The molecule has 0 saturated heterocycles. The van der Waals surface area contributed by atoms with Crippen molar-refractivity contribution in [3.05, 3.63) is 70.4 Å². The minimum absolute atomic E-state index is 0.0764. The molecule has 7 nitrogen and oxygen atoms in total. The first kappa shape index (κ1) is 17.0. The van der Waals surface area contributed by atoms with Crippen molar-refractivity contribution < 1.29 is 4.79 Å². The molecular formula is C20H19N5O2. The normalized spacial score (nSPS) is 11.4. The minimum atomic E-state index is -0.206. The van der Waals surface area contributed by atoms with Crippen molar-refractivity contribution in [2.75, 3.05) is 0 Å². The number of benzene rings is 2. The Morgan fingerprint density at radius 2 is 1.96 bits per heavy atom. The standard InChI is InChI=1S/C20H19N5O2/c1-12(2)25(20(27)15-8-5-6-13-10-21-24-18(13)15)11-17-22-16-9-4-3-7-14(16)19(26)23-17/h3-10,12H,11H2,1-2H3,(H,21,24)(H,22,23,26). The van der Waals surface area contributed by atoms with E-state index in [0.29, 0.717) is 27.8 Å². The van der Waals surface area contributed by atoms with Crippen LogP contribution < -0.4 is 5.56 Å². The van der Waals surface area contributed by atoms with E-state index in [-0.39, 0.29) is 24.1 Å². The number of fused-ring (bicyclic) bond motifs is 2. The van der Waals surface area contributed by atoms with E-state index in [1.807, 2.05) is 32.0 Å². The third-order valence-corrected chi connectivity index (χ3v) is 4.57. The molecule has 0 saturated carbocycles. The smallest absolute Gasteiger partial charge is 0.258 e. The van der Waals surface area contributed by atoms with Crippen LogP contribution in [0, 0.1) is 0 Å². The fourth-order valence-corrected chi connectivity index (χ4v) is 3.16. The average Bonchev–Trinajstić information content (AvgIpc) is 3.14. The van der Waals surface area contributed by atoms with E-state index in [2.05, 4.69) is 20.2 Å². The van der Waals surface area contributed by atoms with E-state index < -0.39 is 0 Å². The topological polar surface area (TPSA) is 94.7 Å². The van der Waals surface area contributed by atoms with E-state index >= 15 is 0 Å². The van der Waals surface area contributed by atoms with Crippen molar-refractivity contribution in [3.8, 4) is 0 Å². The van der Waals surface area contributed by atoms with Crippen molar-refractivity contribution >= 4 is 27.7 Å². The van der Waals surface area contributed by atoms with Gasteiger partial charge in [-0.2, -0.15) is 5.10 Å². The van der Waals surface area contributed by atoms with E-state index in [1.54, 1.807) is 35.4 Å². The van der Waals surface area contributed by atoms with Gasteiger partial charge in [-0.05, 0) is 32.0 Å². The number of nitrogens with zero attached hydrogens (tertiary/aromatic N) is 3. The number of hydrogen-bond donors (Lipinski definition) is 2. The van der Waals surface area contributed by atoms with E-state index in [1.165, 1.54) is 0 Å². The van der Waals surface area contributed by atoms with Gasteiger partial charge in [-0.15, -0.1) is 0 Å². The van der Waals surface area contributed by atoms with Crippen LogP contribution >= 0.6 is 0 Å². The van der Waals surface area contributed by atoms with Crippen LogP contribution in [0.2, 0.25) is 0 Å². The summed E-state index contributed by atoms with van der Waals surface area (Å²) >= 11 is 0. The van der Waals surface area contributed by atoms with Crippen LogP contribution in [0.5, 0.6) is 0 Å². The van der Waals surface area contributed by atoms with E-state index in [4.69, 9.17) is 0 Å². The summed E-state index contributed by atoms with van der Waals surface area (Å²) < 4.78 is 0. The highest BCUT2D eigenvalue weighted by molar-refractivity contribution is 6.05. The van der Waals surface area contributed by atoms with Gasteiger partial charge in [-0.1, -0.05) is 24.3 Å². The second-order valence-corrected chi connectivity index (χ2v) is 6.70. The zero-order valence-corrected chi connectivity index (χ0v) is 15.1. The lowest BCUT2D eigenvalue weighted by Gasteiger charge is -2.26. The average molecular weight is 361 g/mol. The van der Waals surface area contributed by atoms with Crippen molar-refractivity contribution in [1.82, 2.24) is 25.1 Å². The Balaban J connectivity index is 1.72. The van der Waals surface area contributed by atoms with Gasteiger partial charge in [0.1, 0.15) is 5.82 Å². The molecule has 27 heavy (non-hydrogen) atoms. The molecule has 2 heterocycles. The van der Waals surface area contributed by atoms with Crippen molar-refractivity contribution in [2.24, 2.45) is 0 Å². The number of amides is 1. The SMILES string of the molecule is CC(C)N(Cc1nc2ccccc2c(=O)[nH]1)C(=O)c1cccc2cn[nH]c12. The molecule has 0 aliphatic carbocycles. The summed E-state index contributed by atoms with van der Waals surface area (Å²) in [5, 5.41) is 8.32. The van der Waals surface area contributed by atoms with Crippen LogP contribution in [0.1, 0.15) is 30.0 Å². The summed E-state index contributed by atoms with van der Waals surface area (Å²) in [7, 11) is 0. The fraction of sp³-hybridized carbons (Fsp3) is 0.200. The summed E-state index contributed by atoms with van der Waals surface area (Å²) in [4.78, 5) is 34.5. The largest absolute Gasteiger partial charge is 0.329 e. The Morgan fingerprint density at radius 3 is 2.78 bits per heavy atom. The molecular weight excluding hydrogens is 342 g/mol. The summed E-state index contributed by atoms with van der Waals surface area (Å²) in [6.45, 7) is 4.08. The van der Waals surface area contributed by atoms with Gasteiger partial charge in [-0.25, -0.2) is 4.98 Å².